The highest BCUT2D eigenvalue weighted by molar-refractivity contribution is 7.00. The van der Waals surface area contributed by atoms with Crippen LogP contribution in [0, 0.1) is 0 Å². The lowest BCUT2D eigenvalue weighted by Crippen LogP contribution is -2.61. The van der Waals surface area contributed by atoms with Gasteiger partial charge in [-0.2, -0.15) is 0 Å². The maximum Gasteiger partial charge on any atom is 0.252 e. The number of anilines is 6. The van der Waals surface area contributed by atoms with Crippen LogP contribution in [0.25, 0.3) is 77.9 Å². The summed E-state index contributed by atoms with van der Waals surface area (Å²) in [5.74, 6) is 0. The molecule has 0 radical (unpaired) electrons. The highest BCUT2D eigenvalue weighted by atomic mass is 15.2. The lowest BCUT2D eigenvalue weighted by atomic mass is 9.33. The fourth-order valence-electron chi connectivity index (χ4n) is 15.4. The van der Waals surface area contributed by atoms with Crippen LogP contribution in [-0.4, -0.2) is 6.71 Å². The van der Waals surface area contributed by atoms with E-state index in [1.807, 2.05) is 0 Å². The zero-order valence-electron chi connectivity index (χ0n) is 61.8. The molecule has 2 heterocycles. The van der Waals surface area contributed by atoms with Gasteiger partial charge in [-0.05, 0) is 162 Å². The first kappa shape index (κ1) is 66.5. The Morgan fingerprint density at radius 2 is 0.475 bits per heavy atom. The van der Waals surface area contributed by atoms with Crippen LogP contribution in [-0.2, 0) is 32.5 Å². The Morgan fingerprint density at radius 3 is 0.737 bits per heavy atom. The molecule has 0 saturated carbocycles. The van der Waals surface area contributed by atoms with Crippen molar-refractivity contribution in [3.8, 4) is 77.9 Å². The van der Waals surface area contributed by atoms with E-state index in [2.05, 4.69) is 395 Å². The summed E-state index contributed by atoms with van der Waals surface area (Å²) in [5, 5.41) is 0. The summed E-state index contributed by atoms with van der Waals surface area (Å²) in [4.78, 5) is 5.49. The average Bonchev–Trinajstić information content (AvgIpc) is 0.682. The second-order valence-corrected chi connectivity index (χ2v) is 34.3. The largest absolute Gasteiger partial charge is 0.310 e. The SMILES string of the molecule is CC(C)(C)c1ccc(-c2cccc(-c3ccc(C(C)(C)C)cc3)c2N2c3cc(C(C)(C)C)c(-c4ccccc4)cc3B3c4cc(-c5ccccc5)c(C(C)(C)C)cc4N(c4c(-c5ccc(C(C)(C)C)cc5)cccc4-c4ccc(C(C)(C)C)cc4)c4cc(-c5ccccc5)cc2c43)cc1. The third-order valence-corrected chi connectivity index (χ3v) is 21.0. The van der Waals surface area contributed by atoms with E-state index in [4.69, 9.17) is 0 Å². The molecule has 2 aliphatic heterocycles. The molecule has 2 aliphatic rings. The summed E-state index contributed by atoms with van der Waals surface area (Å²) in [6.07, 6.45) is 0. The van der Waals surface area contributed by atoms with E-state index in [0.717, 1.165) is 33.9 Å². The molecule has 0 aromatic heterocycles. The predicted octanol–water partition coefficient (Wildman–Crippen LogP) is 25.2. The third-order valence-electron chi connectivity index (χ3n) is 21.0. The van der Waals surface area contributed by atoms with Crippen molar-refractivity contribution < 1.29 is 0 Å². The van der Waals surface area contributed by atoms with Gasteiger partial charge in [0, 0.05) is 45.0 Å². The second kappa shape index (κ2) is 24.6. The van der Waals surface area contributed by atoms with Gasteiger partial charge in [-0.1, -0.05) is 361 Å². The van der Waals surface area contributed by atoms with Gasteiger partial charge in [-0.3, -0.25) is 0 Å². The molecule has 494 valence electrons. The van der Waals surface area contributed by atoms with Gasteiger partial charge in [0.2, 0.25) is 0 Å². The van der Waals surface area contributed by atoms with Crippen LogP contribution in [0.4, 0.5) is 34.1 Å². The van der Waals surface area contributed by atoms with Gasteiger partial charge in [-0.15, -0.1) is 0 Å². The van der Waals surface area contributed by atoms with E-state index in [-0.39, 0.29) is 39.2 Å². The molecule has 0 unspecified atom stereocenters. The molecule has 12 aromatic rings. The molecule has 0 bridgehead atoms. The molecule has 99 heavy (non-hydrogen) atoms. The molecule has 0 aliphatic carbocycles. The monoisotopic (exact) mass is 1290 g/mol. The first-order valence-corrected chi connectivity index (χ1v) is 35.9. The minimum absolute atomic E-state index is 0.0317. The molecule has 2 nitrogen and oxygen atoms in total. The Kier molecular flexibility index (Phi) is 16.6. The third kappa shape index (κ3) is 12.4. The Hall–Kier alpha value is -9.70. The van der Waals surface area contributed by atoms with Crippen LogP contribution in [0.1, 0.15) is 158 Å². The van der Waals surface area contributed by atoms with Crippen LogP contribution in [0.5, 0.6) is 0 Å². The summed E-state index contributed by atoms with van der Waals surface area (Å²) in [6.45, 7) is 41.9. The summed E-state index contributed by atoms with van der Waals surface area (Å²) in [6, 6.07) is 101. The van der Waals surface area contributed by atoms with Crippen molar-refractivity contribution in [3.63, 3.8) is 0 Å². The Bertz CT molecular complexity index is 4550. The molecule has 3 heteroatoms. The van der Waals surface area contributed by atoms with Crippen LogP contribution in [0.2, 0.25) is 0 Å². The second-order valence-electron chi connectivity index (χ2n) is 34.3. The van der Waals surface area contributed by atoms with Gasteiger partial charge in [0.25, 0.3) is 6.71 Å². The number of hydrogen-bond acceptors (Lipinski definition) is 2. The predicted molar refractivity (Wildman–Crippen MR) is 431 cm³/mol. The Morgan fingerprint density at radius 1 is 0.212 bits per heavy atom. The van der Waals surface area contributed by atoms with Gasteiger partial charge < -0.3 is 9.80 Å². The smallest absolute Gasteiger partial charge is 0.252 e. The maximum atomic E-state index is 2.75. The van der Waals surface area contributed by atoms with Crippen molar-refractivity contribution >= 4 is 57.2 Å². The molecule has 0 saturated heterocycles. The molecule has 14 rings (SSSR count). The van der Waals surface area contributed by atoms with Crippen LogP contribution >= 0.6 is 0 Å². The number of para-hydroxylation sites is 2. The normalized spacial score (nSPS) is 13.3. The fraction of sp³-hybridized carbons (Fsp3) is 0.250. The van der Waals surface area contributed by atoms with Crippen molar-refractivity contribution in [2.75, 3.05) is 9.80 Å². The molecule has 0 N–H and O–H groups in total. The van der Waals surface area contributed by atoms with Crippen molar-refractivity contribution in [1.29, 1.82) is 0 Å². The van der Waals surface area contributed by atoms with Gasteiger partial charge in [0.05, 0.1) is 11.4 Å². The summed E-state index contributed by atoms with van der Waals surface area (Å²) < 4.78 is 0. The molecule has 0 fully saturated rings. The van der Waals surface area contributed by atoms with Gasteiger partial charge in [0.15, 0.2) is 0 Å². The quantitative estimate of drug-likeness (QED) is 0.133. The van der Waals surface area contributed by atoms with Gasteiger partial charge >= 0.3 is 0 Å². The van der Waals surface area contributed by atoms with Crippen molar-refractivity contribution in [2.24, 2.45) is 0 Å². The molecule has 0 spiro atoms. The van der Waals surface area contributed by atoms with Crippen molar-refractivity contribution in [3.05, 3.63) is 294 Å². The number of hydrogen-bond donors (Lipinski definition) is 0. The summed E-state index contributed by atoms with van der Waals surface area (Å²) >= 11 is 0. The highest BCUT2D eigenvalue weighted by Crippen LogP contribution is 2.56. The summed E-state index contributed by atoms with van der Waals surface area (Å²) in [5.41, 5.74) is 34.5. The molecular formula is C96H97BN2. The minimum Gasteiger partial charge on any atom is -0.310 e. The number of fused-ring (bicyclic) bond motifs is 4. The van der Waals surface area contributed by atoms with Gasteiger partial charge in [0.1, 0.15) is 0 Å². The van der Waals surface area contributed by atoms with E-state index < -0.39 is 0 Å². The lowest BCUT2D eigenvalue weighted by Gasteiger charge is -2.47. The number of benzene rings is 12. The fourth-order valence-corrected chi connectivity index (χ4v) is 15.4. The van der Waals surface area contributed by atoms with Crippen LogP contribution < -0.4 is 26.2 Å². The van der Waals surface area contributed by atoms with E-state index >= 15 is 0 Å². The zero-order valence-corrected chi connectivity index (χ0v) is 61.8. The maximum absolute atomic E-state index is 2.75. The topological polar surface area (TPSA) is 6.48 Å². The van der Waals surface area contributed by atoms with Crippen molar-refractivity contribution in [1.82, 2.24) is 0 Å². The average molecular weight is 1290 g/mol. The van der Waals surface area contributed by atoms with Crippen LogP contribution in [0.3, 0.4) is 0 Å². The molecular weight excluding hydrogens is 1190 g/mol. The first-order chi connectivity index (χ1) is 46.9. The highest BCUT2D eigenvalue weighted by Gasteiger charge is 2.47. The molecule has 0 amide bonds. The number of rotatable bonds is 9. The van der Waals surface area contributed by atoms with E-state index in [9.17, 15) is 0 Å². The van der Waals surface area contributed by atoms with E-state index in [1.165, 1.54) is 128 Å². The van der Waals surface area contributed by atoms with E-state index in [1.54, 1.807) is 0 Å². The number of nitrogens with zero attached hydrogens (tertiary/aromatic N) is 2. The van der Waals surface area contributed by atoms with Crippen molar-refractivity contribution in [2.45, 2.75) is 157 Å². The molecule has 12 aromatic carbocycles. The van der Waals surface area contributed by atoms with Gasteiger partial charge in [-0.25, -0.2) is 0 Å². The summed E-state index contributed by atoms with van der Waals surface area (Å²) in [7, 11) is 0. The minimum atomic E-state index is -0.267. The Labute approximate surface area is 592 Å². The first-order valence-electron chi connectivity index (χ1n) is 35.9. The Balaban J connectivity index is 1.21. The lowest BCUT2D eigenvalue weighted by molar-refractivity contribution is 0.590. The van der Waals surface area contributed by atoms with Crippen LogP contribution in [0.15, 0.2) is 261 Å². The van der Waals surface area contributed by atoms with E-state index in [0.29, 0.717) is 0 Å². The zero-order chi connectivity index (χ0) is 69.9. The standard InChI is InChI=1S/C96H97BN2/c1-91(2,3)70-48-40-65(41-49-70)74-36-28-37-75(66-42-50-71(51-43-66)92(4,5)6)89(74)98-84-60-80(95(13,14)15)78(63-32-24-20-25-33-63)58-82(84)97-83-59-79(64-34-26-21-27-35-64)81(96(16,17)18)61-85(83)99(87-57-69(56-86(98)88(87)97)62-30-22-19-23-31-62)90-76(67-44-52-72(53-45-67)93(7,8)9)38-29-39-77(90)68-46-54-73(55-47-68)94(10,11)12/h19-61H,1-18H3. The molecule has 0 atom stereocenters.